The van der Waals surface area contributed by atoms with Crippen molar-refractivity contribution in [3.05, 3.63) is 63.9 Å². The summed E-state index contributed by atoms with van der Waals surface area (Å²) < 4.78 is 18.5. The van der Waals surface area contributed by atoms with Crippen molar-refractivity contribution in [2.75, 3.05) is 17.2 Å². The third-order valence-corrected chi connectivity index (χ3v) is 5.18. The maximum absolute atomic E-state index is 13.5. The fourth-order valence-electron chi connectivity index (χ4n) is 3.48. The van der Waals surface area contributed by atoms with Gasteiger partial charge in [-0.1, -0.05) is 11.6 Å². The number of aromatic nitrogens is 3. The number of carbonyl (C=O) groups is 2. The Morgan fingerprint density at radius 2 is 2.13 bits per heavy atom. The first-order valence-electron chi connectivity index (χ1n) is 8.99. The van der Waals surface area contributed by atoms with Gasteiger partial charge in [-0.3, -0.25) is 4.79 Å². The zero-order valence-electron chi connectivity index (χ0n) is 15.3. The lowest BCUT2D eigenvalue weighted by molar-refractivity contribution is -0.110. The second kappa shape index (κ2) is 6.96. The predicted molar refractivity (Wildman–Crippen MR) is 108 cm³/mol. The number of rotatable bonds is 3. The predicted octanol–water partition coefficient (Wildman–Crippen LogP) is 3.55. The number of cyclic esters (lactones) is 1. The third-order valence-electron chi connectivity index (χ3n) is 4.89. The molecular formula is C20H13ClFN5O3. The lowest BCUT2D eigenvalue weighted by Gasteiger charge is -2.12. The van der Waals surface area contributed by atoms with Crippen molar-refractivity contribution in [2.24, 2.45) is 0 Å². The number of amides is 1. The van der Waals surface area contributed by atoms with E-state index in [1.54, 1.807) is 12.3 Å². The molecule has 0 atom stereocenters. The molecule has 10 heteroatoms. The van der Waals surface area contributed by atoms with Gasteiger partial charge >= 0.3 is 5.97 Å². The molecule has 0 unspecified atom stereocenters. The number of nitrogens with zero attached hydrogens (tertiary/aromatic N) is 2. The van der Waals surface area contributed by atoms with Crippen LogP contribution < -0.4 is 10.6 Å². The van der Waals surface area contributed by atoms with Gasteiger partial charge in [-0.15, -0.1) is 0 Å². The van der Waals surface area contributed by atoms with Crippen LogP contribution in [0.5, 0.6) is 0 Å². The van der Waals surface area contributed by atoms with Crippen molar-refractivity contribution in [2.45, 2.75) is 6.42 Å². The molecule has 0 radical (unpaired) electrons. The molecule has 2 aliphatic rings. The molecule has 1 aromatic carbocycles. The van der Waals surface area contributed by atoms with Gasteiger partial charge in [0.05, 0.1) is 28.3 Å². The molecule has 4 heterocycles. The topological polar surface area (TPSA) is 109 Å². The van der Waals surface area contributed by atoms with Gasteiger partial charge in [-0.2, -0.15) is 0 Å². The second-order valence-electron chi connectivity index (χ2n) is 6.69. The van der Waals surface area contributed by atoms with Crippen LogP contribution in [-0.4, -0.2) is 33.4 Å². The van der Waals surface area contributed by atoms with Crippen LogP contribution in [0.2, 0.25) is 5.02 Å². The highest BCUT2D eigenvalue weighted by Crippen LogP contribution is 2.38. The molecule has 8 nitrogen and oxygen atoms in total. The summed E-state index contributed by atoms with van der Waals surface area (Å²) in [6.07, 6.45) is 5.08. The lowest BCUT2D eigenvalue weighted by Crippen LogP contribution is -2.16. The molecule has 0 saturated carbocycles. The Labute approximate surface area is 174 Å². The SMILES string of the molecule is O=C1Nc2ncnc(Nc3ccc(F)c(Cl)c3)c2C1=Cc1[nH]cc2c1CCOC2=O. The van der Waals surface area contributed by atoms with Crippen molar-refractivity contribution in [3.8, 4) is 0 Å². The van der Waals surface area contributed by atoms with Gasteiger partial charge in [-0.05, 0) is 29.8 Å². The van der Waals surface area contributed by atoms with Crippen LogP contribution in [0.15, 0.2) is 30.7 Å². The van der Waals surface area contributed by atoms with Crippen LogP contribution in [-0.2, 0) is 16.0 Å². The lowest BCUT2D eigenvalue weighted by atomic mass is 10.0. The first-order valence-corrected chi connectivity index (χ1v) is 9.37. The van der Waals surface area contributed by atoms with Crippen molar-refractivity contribution in [3.63, 3.8) is 0 Å². The Hall–Kier alpha value is -3.72. The normalized spacial score (nSPS) is 16.1. The summed E-state index contributed by atoms with van der Waals surface area (Å²) in [5.41, 5.74) is 3.17. The van der Waals surface area contributed by atoms with Gasteiger partial charge in [0.15, 0.2) is 0 Å². The van der Waals surface area contributed by atoms with E-state index in [0.717, 1.165) is 5.56 Å². The van der Waals surface area contributed by atoms with Crippen LogP contribution in [0.3, 0.4) is 0 Å². The van der Waals surface area contributed by atoms with Crippen molar-refractivity contribution in [1.29, 1.82) is 0 Å². The highest BCUT2D eigenvalue weighted by Gasteiger charge is 2.31. The molecule has 1 amide bonds. The van der Waals surface area contributed by atoms with Crippen molar-refractivity contribution in [1.82, 2.24) is 15.0 Å². The quantitative estimate of drug-likeness (QED) is 0.437. The number of benzene rings is 1. The molecule has 0 bridgehead atoms. The fourth-order valence-corrected chi connectivity index (χ4v) is 3.66. The minimum Gasteiger partial charge on any atom is -0.462 e. The van der Waals surface area contributed by atoms with Gasteiger partial charge in [0, 0.05) is 24.0 Å². The van der Waals surface area contributed by atoms with Gasteiger partial charge in [0.25, 0.3) is 5.91 Å². The highest BCUT2D eigenvalue weighted by molar-refractivity contribution is 6.35. The molecule has 3 aromatic rings. The number of carbonyl (C=O) groups excluding carboxylic acids is 2. The van der Waals surface area contributed by atoms with Crippen LogP contribution in [0, 0.1) is 5.82 Å². The van der Waals surface area contributed by atoms with Gasteiger partial charge in [0.1, 0.15) is 23.8 Å². The zero-order valence-corrected chi connectivity index (χ0v) is 16.0. The average Bonchev–Trinajstić information content (AvgIpc) is 3.28. The number of esters is 1. The standard InChI is InChI=1S/C20H13ClFN5O3/c21-13-5-9(1-2-14(13)22)26-17-16-11(19(28)27-18(16)25-8-24-17)6-15-10-3-4-30-20(29)12(10)7-23-15/h1-2,5-8,23H,3-4H2,(H2,24,25,26,27,28). The molecule has 5 rings (SSSR count). The molecular weight excluding hydrogens is 413 g/mol. The molecule has 30 heavy (non-hydrogen) atoms. The molecule has 0 fully saturated rings. The van der Waals surface area contributed by atoms with E-state index in [2.05, 4.69) is 25.6 Å². The van der Waals surface area contributed by atoms with E-state index in [4.69, 9.17) is 16.3 Å². The second-order valence-corrected chi connectivity index (χ2v) is 7.10. The number of hydrogen-bond acceptors (Lipinski definition) is 6. The summed E-state index contributed by atoms with van der Waals surface area (Å²) in [7, 11) is 0. The summed E-state index contributed by atoms with van der Waals surface area (Å²) >= 11 is 5.86. The first-order chi connectivity index (χ1) is 14.5. The Kier molecular flexibility index (Phi) is 4.25. The molecule has 0 spiro atoms. The highest BCUT2D eigenvalue weighted by atomic mass is 35.5. The van der Waals surface area contributed by atoms with E-state index in [0.29, 0.717) is 46.1 Å². The zero-order chi connectivity index (χ0) is 20.8. The first kappa shape index (κ1) is 18.3. The summed E-state index contributed by atoms with van der Waals surface area (Å²) in [5.74, 6) is -0.591. The largest absolute Gasteiger partial charge is 0.462 e. The van der Waals surface area contributed by atoms with E-state index in [9.17, 15) is 14.0 Å². The van der Waals surface area contributed by atoms with Gasteiger partial charge in [-0.25, -0.2) is 19.2 Å². The van der Waals surface area contributed by atoms with E-state index in [1.165, 1.54) is 24.5 Å². The monoisotopic (exact) mass is 425 g/mol. The minimum absolute atomic E-state index is 0.0411. The minimum atomic E-state index is -0.539. The Morgan fingerprint density at radius 3 is 2.97 bits per heavy atom. The van der Waals surface area contributed by atoms with Crippen molar-refractivity contribution >= 4 is 52.4 Å². The number of aromatic amines is 1. The molecule has 2 aliphatic heterocycles. The van der Waals surface area contributed by atoms with E-state index < -0.39 is 11.8 Å². The van der Waals surface area contributed by atoms with E-state index in [1.807, 2.05) is 0 Å². The molecule has 150 valence electrons. The molecule has 0 aliphatic carbocycles. The number of fused-ring (bicyclic) bond motifs is 2. The summed E-state index contributed by atoms with van der Waals surface area (Å²) in [5, 5.41) is 5.72. The third kappa shape index (κ3) is 3.00. The van der Waals surface area contributed by atoms with Crippen molar-refractivity contribution < 1.29 is 18.7 Å². The summed E-state index contributed by atoms with van der Waals surface area (Å²) in [4.78, 5) is 35.9. The number of anilines is 3. The molecule has 2 aromatic heterocycles. The summed E-state index contributed by atoms with van der Waals surface area (Å²) in [6, 6.07) is 4.17. The number of hydrogen-bond donors (Lipinski definition) is 3. The fraction of sp³-hybridized carbons (Fsp3) is 0.100. The Morgan fingerprint density at radius 1 is 1.27 bits per heavy atom. The van der Waals surface area contributed by atoms with Crippen LogP contribution in [0.4, 0.5) is 21.7 Å². The Bertz CT molecular complexity index is 1250. The Balaban J connectivity index is 1.58. The van der Waals surface area contributed by atoms with Gasteiger partial charge in [0.2, 0.25) is 0 Å². The number of ether oxygens (including phenoxy) is 1. The smallest absolute Gasteiger partial charge is 0.339 e. The number of H-pyrrole nitrogens is 1. The summed E-state index contributed by atoms with van der Waals surface area (Å²) in [6.45, 7) is 0.282. The maximum atomic E-state index is 13.5. The maximum Gasteiger partial charge on any atom is 0.339 e. The van der Waals surface area contributed by atoms with Gasteiger partial charge < -0.3 is 20.4 Å². The van der Waals surface area contributed by atoms with E-state index >= 15 is 0 Å². The van der Waals surface area contributed by atoms with E-state index in [-0.39, 0.29) is 17.5 Å². The van der Waals surface area contributed by atoms with Crippen LogP contribution in [0.25, 0.3) is 11.6 Å². The van der Waals surface area contributed by atoms with Crippen LogP contribution >= 0.6 is 11.6 Å². The average molecular weight is 426 g/mol. The molecule has 3 N–H and O–H groups in total. The number of halogens is 2. The number of nitrogens with one attached hydrogen (secondary N) is 3. The molecule has 0 saturated heterocycles. The van der Waals surface area contributed by atoms with Crippen LogP contribution in [0.1, 0.15) is 27.2 Å².